The fourth-order valence-corrected chi connectivity index (χ4v) is 1.75. The van der Waals surface area contributed by atoms with E-state index in [-0.39, 0.29) is 11.9 Å². The number of hydrogen-bond donors (Lipinski definition) is 1. The van der Waals surface area contributed by atoms with Crippen LogP contribution in [0, 0.1) is 6.92 Å². The van der Waals surface area contributed by atoms with E-state index in [1.807, 2.05) is 45.2 Å². The van der Waals surface area contributed by atoms with Crippen LogP contribution in [-0.2, 0) is 0 Å². The monoisotopic (exact) mass is 223 g/mol. The summed E-state index contributed by atoms with van der Waals surface area (Å²) in [6.45, 7) is 5.89. The Morgan fingerprint density at radius 1 is 1.40 bits per heavy atom. The van der Waals surface area contributed by atoms with Gasteiger partial charge in [0.2, 0.25) is 0 Å². The highest BCUT2D eigenvalue weighted by atomic mass is 32.2. The minimum absolute atomic E-state index is 0.0124. The Kier molecular flexibility index (Phi) is 4.21. The van der Waals surface area contributed by atoms with E-state index in [2.05, 4.69) is 5.32 Å². The van der Waals surface area contributed by atoms with Crippen molar-refractivity contribution in [2.75, 3.05) is 6.26 Å². The van der Waals surface area contributed by atoms with Crippen LogP contribution in [0.1, 0.15) is 29.8 Å². The number of rotatable bonds is 3. The van der Waals surface area contributed by atoms with Crippen LogP contribution in [0.3, 0.4) is 0 Å². The third kappa shape index (κ3) is 3.27. The van der Waals surface area contributed by atoms with Crippen LogP contribution in [0.4, 0.5) is 0 Å². The highest BCUT2D eigenvalue weighted by molar-refractivity contribution is 7.98. The van der Waals surface area contributed by atoms with Crippen molar-refractivity contribution in [3.8, 4) is 0 Å². The second kappa shape index (κ2) is 5.21. The molecular formula is C12H17NOS. The highest BCUT2D eigenvalue weighted by Crippen LogP contribution is 2.19. The van der Waals surface area contributed by atoms with Gasteiger partial charge in [-0.15, -0.1) is 11.8 Å². The van der Waals surface area contributed by atoms with Crippen molar-refractivity contribution < 1.29 is 4.79 Å². The van der Waals surface area contributed by atoms with Crippen LogP contribution >= 0.6 is 11.8 Å². The number of carbonyl (C=O) groups is 1. The SMILES string of the molecule is CSc1ccc(C)c(C(=O)NC(C)C)c1. The maximum absolute atomic E-state index is 11.8. The first kappa shape index (κ1) is 12.1. The molecule has 1 rings (SSSR count). The molecule has 3 heteroatoms. The molecule has 15 heavy (non-hydrogen) atoms. The molecule has 0 aliphatic carbocycles. The van der Waals surface area contributed by atoms with E-state index in [0.717, 1.165) is 16.0 Å². The molecule has 2 nitrogen and oxygen atoms in total. The van der Waals surface area contributed by atoms with Gasteiger partial charge in [0, 0.05) is 16.5 Å². The van der Waals surface area contributed by atoms with Crippen LogP contribution in [0.25, 0.3) is 0 Å². The van der Waals surface area contributed by atoms with Gasteiger partial charge >= 0.3 is 0 Å². The zero-order valence-electron chi connectivity index (χ0n) is 9.63. The second-order valence-electron chi connectivity index (χ2n) is 3.81. The largest absolute Gasteiger partial charge is 0.350 e. The van der Waals surface area contributed by atoms with Gasteiger partial charge in [-0.25, -0.2) is 0 Å². The third-order valence-electron chi connectivity index (χ3n) is 2.11. The first-order valence-corrected chi connectivity index (χ1v) is 6.22. The topological polar surface area (TPSA) is 29.1 Å². The molecule has 1 aromatic carbocycles. The van der Waals surface area contributed by atoms with E-state index in [0.29, 0.717) is 0 Å². The average molecular weight is 223 g/mol. The van der Waals surface area contributed by atoms with E-state index in [4.69, 9.17) is 0 Å². The molecule has 1 amide bonds. The summed E-state index contributed by atoms with van der Waals surface area (Å²) in [6, 6.07) is 6.14. The quantitative estimate of drug-likeness (QED) is 0.798. The van der Waals surface area contributed by atoms with Gasteiger partial charge < -0.3 is 5.32 Å². The lowest BCUT2D eigenvalue weighted by Gasteiger charge is -2.11. The van der Waals surface area contributed by atoms with Gasteiger partial charge in [0.1, 0.15) is 0 Å². The number of thioether (sulfide) groups is 1. The van der Waals surface area contributed by atoms with Gasteiger partial charge in [-0.3, -0.25) is 4.79 Å². The number of hydrogen-bond acceptors (Lipinski definition) is 2. The molecule has 82 valence electrons. The lowest BCUT2D eigenvalue weighted by molar-refractivity contribution is 0.0942. The lowest BCUT2D eigenvalue weighted by atomic mass is 10.1. The van der Waals surface area contributed by atoms with E-state index >= 15 is 0 Å². The van der Waals surface area contributed by atoms with Crippen LogP contribution in [-0.4, -0.2) is 18.2 Å². The molecule has 0 saturated carbocycles. The number of benzene rings is 1. The minimum atomic E-state index is 0.0124. The van der Waals surface area contributed by atoms with Crippen molar-refractivity contribution in [2.24, 2.45) is 0 Å². The summed E-state index contributed by atoms with van der Waals surface area (Å²) in [5.74, 6) is 0.0124. The number of nitrogens with one attached hydrogen (secondary N) is 1. The molecule has 0 heterocycles. The van der Waals surface area contributed by atoms with Crippen LogP contribution in [0.2, 0.25) is 0 Å². The Morgan fingerprint density at radius 2 is 2.07 bits per heavy atom. The summed E-state index contributed by atoms with van der Waals surface area (Å²) in [6.07, 6.45) is 2.01. The molecule has 0 aromatic heterocycles. The Morgan fingerprint density at radius 3 is 2.60 bits per heavy atom. The molecule has 0 aliphatic heterocycles. The summed E-state index contributed by atoms with van der Waals surface area (Å²) in [7, 11) is 0. The maximum Gasteiger partial charge on any atom is 0.251 e. The Balaban J connectivity index is 2.96. The fraction of sp³-hybridized carbons (Fsp3) is 0.417. The molecule has 0 fully saturated rings. The molecule has 0 atom stereocenters. The van der Waals surface area contributed by atoms with Crippen LogP contribution < -0.4 is 5.32 Å². The van der Waals surface area contributed by atoms with Crippen molar-refractivity contribution in [3.05, 3.63) is 29.3 Å². The lowest BCUT2D eigenvalue weighted by Crippen LogP contribution is -2.30. The molecule has 0 aliphatic rings. The normalized spacial score (nSPS) is 10.5. The van der Waals surface area contributed by atoms with Gasteiger partial charge in [-0.1, -0.05) is 6.07 Å². The standard InChI is InChI=1S/C12H17NOS/c1-8(2)13-12(14)11-7-10(15-4)6-5-9(11)3/h5-8H,1-4H3,(H,13,14). The molecule has 0 spiro atoms. The number of carbonyl (C=O) groups excluding carboxylic acids is 1. The second-order valence-corrected chi connectivity index (χ2v) is 4.69. The third-order valence-corrected chi connectivity index (χ3v) is 2.83. The predicted octanol–water partition coefficient (Wildman–Crippen LogP) is 2.86. The minimum Gasteiger partial charge on any atom is -0.350 e. The zero-order chi connectivity index (χ0) is 11.4. The molecule has 1 N–H and O–H groups in total. The van der Waals surface area contributed by atoms with E-state index < -0.39 is 0 Å². The summed E-state index contributed by atoms with van der Waals surface area (Å²) in [4.78, 5) is 12.9. The van der Waals surface area contributed by atoms with Crippen molar-refractivity contribution in [1.82, 2.24) is 5.32 Å². The number of aryl methyl sites for hydroxylation is 1. The Hall–Kier alpha value is -0.960. The molecule has 1 aromatic rings. The van der Waals surface area contributed by atoms with Gasteiger partial charge in [0.25, 0.3) is 5.91 Å². The molecule has 0 saturated heterocycles. The van der Waals surface area contributed by atoms with Crippen molar-refractivity contribution in [1.29, 1.82) is 0 Å². The van der Waals surface area contributed by atoms with Gasteiger partial charge in [-0.2, -0.15) is 0 Å². The van der Waals surface area contributed by atoms with Crippen molar-refractivity contribution in [3.63, 3.8) is 0 Å². The molecule has 0 unspecified atom stereocenters. The van der Waals surface area contributed by atoms with Gasteiger partial charge in [-0.05, 0) is 44.7 Å². The fourth-order valence-electron chi connectivity index (χ4n) is 1.31. The van der Waals surface area contributed by atoms with E-state index in [1.54, 1.807) is 11.8 Å². The first-order valence-electron chi connectivity index (χ1n) is 5.00. The summed E-state index contributed by atoms with van der Waals surface area (Å²) < 4.78 is 0. The molecule has 0 bridgehead atoms. The predicted molar refractivity (Wildman–Crippen MR) is 65.6 cm³/mol. The zero-order valence-corrected chi connectivity index (χ0v) is 10.4. The average Bonchev–Trinajstić information content (AvgIpc) is 2.17. The highest BCUT2D eigenvalue weighted by Gasteiger charge is 2.10. The van der Waals surface area contributed by atoms with Crippen molar-refractivity contribution >= 4 is 17.7 Å². The molecular weight excluding hydrogens is 206 g/mol. The van der Waals surface area contributed by atoms with E-state index in [1.165, 1.54) is 0 Å². The summed E-state index contributed by atoms with van der Waals surface area (Å²) >= 11 is 1.65. The number of amides is 1. The van der Waals surface area contributed by atoms with Crippen molar-refractivity contribution in [2.45, 2.75) is 31.7 Å². The van der Waals surface area contributed by atoms with Gasteiger partial charge in [0.15, 0.2) is 0 Å². The van der Waals surface area contributed by atoms with E-state index in [9.17, 15) is 4.79 Å². The molecule has 0 radical (unpaired) electrons. The first-order chi connectivity index (χ1) is 7.04. The maximum atomic E-state index is 11.8. The smallest absolute Gasteiger partial charge is 0.251 e. The summed E-state index contributed by atoms with van der Waals surface area (Å²) in [5, 5.41) is 2.90. The Bertz CT molecular complexity index is 361. The van der Waals surface area contributed by atoms with Crippen LogP contribution in [0.5, 0.6) is 0 Å². The Labute approximate surface area is 95.5 Å². The summed E-state index contributed by atoms with van der Waals surface area (Å²) in [5.41, 5.74) is 1.79. The van der Waals surface area contributed by atoms with Gasteiger partial charge in [0.05, 0.1) is 0 Å². The van der Waals surface area contributed by atoms with Crippen LogP contribution in [0.15, 0.2) is 23.1 Å².